The normalized spacial score (nSPS) is 12.2. The number of hydrogen-bond donors (Lipinski definition) is 1. The molecular weight excluding hydrogens is 228 g/mol. The Morgan fingerprint density at radius 2 is 2.19 bits per heavy atom. The van der Waals surface area contributed by atoms with Crippen LogP contribution in [0.15, 0.2) is 12.3 Å². The molecule has 0 saturated carbocycles. The van der Waals surface area contributed by atoms with Gasteiger partial charge in [-0.25, -0.2) is 12.7 Å². The molecule has 0 aliphatic heterocycles. The van der Waals surface area contributed by atoms with Crippen molar-refractivity contribution in [2.45, 2.75) is 6.54 Å². The van der Waals surface area contributed by atoms with Gasteiger partial charge in [0, 0.05) is 40.4 Å². The second kappa shape index (κ2) is 5.42. The van der Waals surface area contributed by atoms with Gasteiger partial charge in [0.25, 0.3) is 0 Å². The molecule has 1 aromatic heterocycles. The molecule has 1 N–H and O–H groups in total. The quantitative estimate of drug-likeness (QED) is 0.681. The maximum Gasteiger partial charge on any atom is 0.214 e. The fourth-order valence-corrected chi connectivity index (χ4v) is 1.94. The van der Waals surface area contributed by atoms with Crippen LogP contribution in [0.25, 0.3) is 0 Å². The van der Waals surface area contributed by atoms with Crippen molar-refractivity contribution in [3.8, 4) is 0 Å². The molecule has 0 aliphatic carbocycles. The third kappa shape index (κ3) is 3.58. The fraction of sp³-hybridized carbons (Fsp3) is 0.667. The first kappa shape index (κ1) is 13.1. The summed E-state index contributed by atoms with van der Waals surface area (Å²) in [6, 6.07) is 1.90. The largest absolute Gasteiger partial charge is 0.310 e. The summed E-state index contributed by atoms with van der Waals surface area (Å²) in [5.74, 6) is 0.109. The molecule has 7 heteroatoms. The molecule has 1 aromatic rings. The molecule has 1 rings (SSSR count). The van der Waals surface area contributed by atoms with Crippen LogP contribution in [0, 0.1) is 0 Å². The summed E-state index contributed by atoms with van der Waals surface area (Å²) in [7, 11) is 1.83. The van der Waals surface area contributed by atoms with Crippen molar-refractivity contribution < 1.29 is 8.42 Å². The fourth-order valence-electron chi connectivity index (χ4n) is 1.17. The van der Waals surface area contributed by atoms with Gasteiger partial charge in [0.05, 0.1) is 11.4 Å². The van der Waals surface area contributed by atoms with Crippen molar-refractivity contribution in [2.75, 3.05) is 26.4 Å². The van der Waals surface area contributed by atoms with Gasteiger partial charge in [-0.05, 0) is 6.07 Å². The SMILES string of the molecule is CN(C)S(=O)(=O)CCNCc1ccnn1C. The number of sulfonamides is 1. The Bertz CT molecular complexity index is 424. The van der Waals surface area contributed by atoms with Crippen LogP contribution in [0.4, 0.5) is 0 Å². The van der Waals surface area contributed by atoms with Crippen molar-refractivity contribution in [1.29, 1.82) is 0 Å². The first-order chi connectivity index (χ1) is 7.43. The molecule has 0 aliphatic rings. The van der Waals surface area contributed by atoms with E-state index in [2.05, 4.69) is 10.4 Å². The van der Waals surface area contributed by atoms with Gasteiger partial charge in [0.2, 0.25) is 10.0 Å². The molecule has 6 nitrogen and oxygen atoms in total. The zero-order valence-electron chi connectivity index (χ0n) is 9.84. The number of nitrogens with one attached hydrogen (secondary N) is 1. The lowest BCUT2D eigenvalue weighted by Gasteiger charge is -2.11. The highest BCUT2D eigenvalue weighted by molar-refractivity contribution is 7.89. The van der Waals surface area contributed by atoms with E-state index in [4.69, 9.17) is 0 Å². The molecule has 92 valence electrons. The predicted molar refractivity (Wildman–Crippen MR) is 62.4 cm³/mol. The summed E-state index contributed by atoms with van der Waals surface area (Å²) < 4.78 is 25.8. The topological polar surface area (TPSA) is 67.2 Å². The van der Waals surface area contributed by atoms with Crippen molar-refractivity contribution in [1.82, 2.24) is 19.4 Å². The standard InChI is InChI=1S/C9H18N4O2S/c1-12(2)16(14,15)7-6-10-8-9-4-5-11-13(9)3/h4-5,10H,6-8H2,1-3H3. The average Bonchev–Trinajstić information content (AvgIpc) is 2.59. The van der Waals surface area contributed by atoms with Crippen LogP contribution >= 0.6 is 0 Å². The van der Waals surface area contributed by atoms with Crippen LogP contribution in [-0.4, -0.2) is 48.9 Å². The Hall–Kier alpha value is -0.920. The van der Waals surface area contributed by atoms with E-state index < -0.39 is 10.0 Å². The maximum absolute atomic E-state index is 11.4. The maximum atomic E-state index is 11.4. The lowest BCUT2D eigenvalue weighted by atomic mass is 10.4. The van der Waals surface area contributed by atoms with E-state index in [-0.39, 0.29) is 5.75 Å². The Morgan fingerprint density at radius 3 is 2.69 bits per heavy atom. The number of aromatic nitrogens is 2. The van der Waals surface area contributed by atoms with E-state index in [9.17, 15) is 8.42 Å². The van der Waals surface area contributed by atoms with Crippen LogP contribution in [0.3, 0.4) is 0 Å². The van der Waals surface area contributed by atoms with Gasteiger partial charge in [-0.1, -0.05) is 0 Å². The highest BCUT2D eigenvalue weighted by Gasteiger charge is 2.12. The van der Waals surface area contributed by atoms with E-state index in [1.54, 1.807) is 10.9 Å². The van der Waals surface area contributed by atoms with Crippen molar-refractivity contribution >= 4 is 10.0 Å². The number of aryl methyl sites for hydroxylation is 1. The first-order valence-corrected chi connectivity index (χ1v) is 6.62. The minimum atomic E-state index is -3.10. The molecular formula is C9H18N4O2S. The molecule has 0 fully saturated rings. The minimum Gasteiger partial charge on any atom is -0.310 e. The molecule has 0 bridgehead atoms. The second-order valence-corrected chi connectivity index (χ2v) is 6.02. The monoisotopic (exact) mass is 246 g/mol. The summed E-state index contributed by atoms with van der Waals surface area (Å²) in [6.07, 6.45) is 1.72. The van der Waals surface area contributed by atoms with Crippen molar-refractivity contribution in [2.24, 2.45) is 7.05 Å². The molecule has 0 amide bonds. The number of rotatable bonds is 6. The highest BCUT2D eigenvalue weighted by Crippen LogP contribution is 1.96. The van der Waals surface area contributed by atoms with Crippen LogP contribution in [0.1, 0.15) is 5.69 Å². The summed E-state index contributed by atoms with van der Waals surface area (Å²) in [4.78, 5) is 0. The van der Waals surface area contributed by atoms with Crippen LogP contribution in [0.5, 0.6) is 0 Å². The van der Waals surface area contributed by atoms with Crippen LogP contribution < -0.4 is 5.32 Å². The van der Waals surface area contributed by atoms with Gasteiger partial charge in [-0.2, -0.15) is 5.10 Å². The predicted octanol–water partition coefficient (Wildman–Crippen LogP) is -0.599. The molecule has 0 aromatic carbocycles. The van der Waals surface area contributed by atoms with Gasteiger partial charge in [0.15, 0.2) is 0 Å². The van der Waals surface area contributed by atoms with Crippen LogP contribution in [-0.2, 0) is 23.6 Å². The van der Waals surface area contributed by atoms with Gasteiger partial charge in [-0.15, -0.1) is 0 Å². The number of hydrogen-bond acceptors (Lipinski definition) is 4. The van der Waals surface area contributed by atoms with Crippen molar-refractivity contribution in [3.63, 3.8) is 0 Å². The Morgan fingerprint density at radius 1 is 1.50 bits per heavy atom. The van der Waals surface area contributed by atoms with Gasteiger partial charge < -0.3 is 5.32 Å². The van der Waals surface area contributed by atoms with E-state index in [1.165, 1.54) is 18.4 Å². The van der Waals surface area contributed by atoms with Gasteiger partial charge >= 0.3 is 0 Å². The molecule has 0 spiro atoms. The second-order valence-electron chi connectivity index (χ2n) is 3.72. The Labute approximate surface area is 96.3 Å². The smallest absolute Gasteiger partial charge is 0.214 e. The summed E-state index contributed by atoms with van der Waals surface area (Å²) in [6.45, 7) is 1.06. The first-order valence-electron chi connectivity index (χ1n) is 5.01. The summed E-state index contributed by atoms with van der Waals surface area (Å²) in [5, 5.41) is 7.10. The van der Waals surface area contributed by atoms with Gasteiger partial charge in [0.1, 0.15) is 0 Å². The van der Waals surface area contributed by atoms with Crippen LogP contribution in [0.2, 0.25) is 0 Å². The Kier molecular flexibility index (Phi) is 4.45. The minimum absolute atomic E-state index is 0.109. The van der Waals surface area contributed by atoms with Crippen molar-refractivity contribution in [3.05, 3.63) is 18.0 Å². The average molecular weight is 246 g/mol. The summed E-state index contributed by atoms with van der Waals surface area (Å²) in [5.41, 5.74) is 1.03. The number of nitrogens with zero attached hydrogens (tertiary/aromatic N) is 3. The van der Waals surface area contributed by atoms with E-state index in [1.807, 2.05) is 13.1 Å². The van der Waals surface area contributed by atoms with E-state index in [0.29, 0.717) is 13.1 Å². The lowest BCUT2D eigenvalue weighted by molar-refractivity contribution is 0.516. The molecule has 1 heterocycles. The zero-order chi connectivity index (χ0) is 12.2. The molecule has 0 saturated heterocycles. The molecule has 0 atom stereocenters. The van der Waals surface area contributed by atoms with E-state index >= 15 is 0 Å². The van der Waals surface area contributed by atoms with Gasteiger partial charge in [-0.3, -0.25) is 4.68 Å². The third-order valence-corrected chi connectivity index (χ3v) is 4.15. The Balaban J connectivity index is 2.30. The molecule has 16 heavy (non-hydrogen) atoms. The molecule has 0 unspecified atom stereocenters. The highest BCUT2D eigenvalue weighted by atomic mass is 32.2. The summed E-state index contributed by atoms with van der Waals surface area (Å²) >= 11 is 0. The zero-order valence-corrected chi connectivity index (χ0v) is 10.7. The molecule has 0 radical (unpaired) electrons. The third-order valence-electron chi connectivity index (χ3n) is 2.32. The van der Waals surface area contributed by atoms with E-state index in [0.717, 1.165) is 5.69 Å². The lowest BCUT2D eigenvalue weighted by Crippen LogP contribution is -2.31.